The van der Waals surface area contributed by atoms with Gasteiger partial charge in [-0.05, 0) is 42.8 Å². The first-order valence-corrected chi connectivity index (χ1v) is 10.1. The van der Waals surface area contributed by atoms with Gasteiger partial charge in [0.25, 0.3) is 11.8 Å². The molecule has 3 amide bonds. The normalized spacial score (nSPS) is 14.1. The zero-order chi connectivity index (χ0) is 21.5. The number of nitrogens with one attached hydrogen (secondary N) is 1. The van der Waals surface area contributed by atoms with Crippen LogP contribution in [-0.2, 0) is 4.79 Å². The molecule has 158 valence electrons. The van der Waals surface area contributed by atoms with Crippen LogP contribution in [0, 0.1) is 0 Å². The number of benzene rings is 2. The second-order valence-electron chi connectivity index (χ2n) is 7.52. The molecule has 0 aliphatic carbocycles. The fraction of sp³-hybridized carbons (Fsp3) is 0.348. The van der Waals surface area contributed by atoms with Crippen molar-refractivity contribution in [3.63, 3.8) is 0 Å². The van der Waals surface area contributed by atoms with Crippen LogP contribution in [0.25, 0.3) is 0 Å². The van der Waals surface area contributed by atoms with Crippen molar-refractivity contribution >= 4 is 23.4 Å². The third kappa shape index (κ3) is 5.37. The number of amides is 3. The first-order valence-electron chi connectivity index (χ1n) is 10.1. The molecule has 0 radical (unpaired) electrons. The second-order valence-corrected chi connectivity index (χ2v) is 7.52. The molecule has 2 aromatic rings. The van der Waals surface area contributed by atoms with Crippen LogP contribution in [0.2, 0.25) is 0 Å². The van der Waals surface area contributed by atoms with Gasteiger partial charge in [-0.3, -0.25) is 14.4 Å². The third-order valence-corrected chi connectivity index (χ3v) is 5.20. The van der Waals surface area contributed by atoms with E-state index in [0.717, 1.165) is 5.69 Å². The summed E-state index contributed by atoms with van der Waals surface area (Å²) < 4.78 is 0. The highest BCUT2D eigenvalue weighted by atomic mass is 16.2. The summed E-state index contributed by atoms with van der Waals surface area (Å²) in [4.78, 5) is 43.0. The van der Waals surface area contributed by atoms with E-state index in [9.17, 15) is 14.4 Å². The van der Waals surface area contributed by atoms with Gasteiger partial charge in [0.1, 0.15) is 0 Å². The Balaban J connectivity index is 1.52. The van der Waals surface area contributed by atoms with Crippen molar-refractivity contribution < 1.29 is 14.4 Å². The monoisotopic (exact) mass is 408 g/mol. The molecule has 1 saturated heterocycles. The van der Waals surface area contributed by atoms with E-state index in [1.54, 1.807) is 34.1 Å². The Bertz CT molecular complexity index is 881. The van der Waals surface area contributed by atoms with E-state index in [2.05, 4.69) is 5.32 Å². The quantitative estimate of drug-likeness (QED) is 0.820. The lowest BCUT2D eigenvalue weighted by atomic mass is 10.1. The van der Waals surface area contributed by atoms with E-state index in [4.69, 9.17) is 0 Å². The summed E-state index contributed by atoms with van der Waals surface area (Å²) in [5.41, 5.74) is 2.21. The van der Waals surface area contributed by atoms with Crippen LogP contribution in [0.4, 0.5) is 5.69 Å². The van der Waals surface area contributed by atoms with Gasteiger partial charge in [-0.1, -0.05) is 18.2 Å². The number of hydrogen-bond donors (Lipinski definition) is 1. The van der Waals surface area contributed by atoms with Gasteiger partial charge >= 0.3 is 0 Å². The third-order valence-electron chi connectivity index (χ3n) is 5.20. The lowest BCUT2D eigenvalue weighted by molar-refractivity contribution is -0.129. The standard InChI is InChI=1S/C23H28N4O3/c1-25(2)20-11-9-19(10-12-20)23(30)27-14-6-13-26(15-16-27)21(28)17-24-22(29)18-7-4-3-5-8-18/h3-5,7-12H,6,13-17H2,1-2H3,(H,24,29). The SMILES string of the molecule is CN(C)c1ccc(C(=O)N2CCCN(C(=O)CNC(=O)c3ccccc3)CC2)cc1. The number of anilines is 1. The minimum Gasteiger partial charge on any atom is -0.378 e. The molecular formula is C23H28N4O3. The summed E-state index contributed by atoms with van der Waals surface area (Å²) in [5, 5.41) is 2.68. The van der Waals surface area contributed by atoms with Gasteiger partial charge in [-0.15, -0.1) is 0 Å². The molecule has 30 heavy (non-hydrogen) atoms. The lowest BCUT2D eigenvalue weighted by Gasteiger charge is -2.22. The topological polar surface area (TPSA) is 73.0 Å². The van der Waals surface area contributed by atoms with Gasteiger partial charge in [0.05, 0.1) is 6.54 Å². The molecule has 0 atom stereocenters. The van der Waals surface area contributed by atoms with Gasteiger partial charge < -0.3 is 20.0 Å². The first-order chi connectivity index (χ1) is 14.5. The average molecular weight is 409 g/mol. The minimum absolute atomic E-state index is 0.0213. The molecular weight excluding hydrogens is 380 g/mol. The molecule has 0 bridgehead atoms. The average Bonchev–Trinajstić information content (AvgIpc) is 3.04. The van der Waals surface area contributed by atoms with Crippen molar-refractivity contribution in [1.82, 2.24) is 15.1 Å². The maximum absolute atomic E-state index is 12.8. The van der Waals surface area contributed by atoms with Gasteiger partial charge in [0.15, 0.2) is 0 Å². The smallest absolute Gasteiger partial charge is 0.253 e. The maximum atomic E-state index is 12.8. The summed E-state index contributed by atoms with van der Waals surface area (Å²) in [7, 11) is 3.92. The first kappa shape index (κ1) is 21.4. The minimum atomic E-state index is -0.267. The molecule has 1 N–H and O–H groups in total. The van der Waals surface area contributed by atoms with E-state index < -0.39 is 0 Å². The van der Waals surface area contributed by atoms with Crippen LogP contribution in [0.5, 0.6) is 0 Å². The fourth-order valence-electron chi connectivity index (χ4n) is 3.41. The molecule has 7 heteroatoms. The highest BCUT2D eigenvalue weighted by molar-refractivity contribution is 5.96. The Morgan fingerprint density at radius 3 is 2.13 bits per heavy atom. The van der Waals surface area contributed by atoms with E-state index >= 15 is 0 Å². The molecule has 0 saturated carbocycles. The fourth-order valence-corrected chi connectivity index (χ4v) is 3.41. The summed E-state index contributed by atoms with van der Waals surface area (Å²) in [6.45, 7) is 2.07. The Morgan fingerprint density at radius 2 is 1.47 bits per heavy atom. The van der Waals surface area contributed by atoms with Crippen molar-refractivity contribution in [3.05, 3.63) is 65.7 Å². The second kappa shape index (κ2) is 9.91. The summed E-state index contributed by atoms with van der Waals surface area (Å²) in [5.74, 6) is -0.423. The van der Waals surface area contributed by atoms with Crippen molar-refractivity contribution in [2.45, 2.75) is 6.42 Å². The number of nitrogens with zero attached hydrogens (tertiary/aromatic N) is 3. The lowest BCUT2D eigenvalue weighted by Crippen LogP contribution is -2.42. The van der Waals surface area contributed by atoms with Crippen molar-refractivity contribution in [2.24, 2.45) is 0 Å². The van der Waals surface area contributed by atoms with E-state index in [1.807, 2.05) is 49.3 Å². The zero-order valence-corrected chi connectivity index (χ0v) is 17.5. The molecule has 7 nitrogen and oxygen atoms in total. The Morgan fingerprint density at radius 1 is 0.833 bits per heavy atom. The molecule has 0 unspecified atom stereocenters. The molecule has 0 spiro atoms. The Labute approximate surface area is 177 Å². The largest absolute Gasteiger partial charge is 0.378 e. The van der Waals surface area contributed by atoms with Crippen LogP contribution in [-0.4, -0.2) is 74.3 Å². The molecule has 2 aromatic carbocycles. The van der Waals surface area contributed by atoms with Gasteiger partial charge in [0, 0.05) is 57.1 Å². The predicted molar refractivity (Wildman–Crippen MR) is 117 cm³/mol. The van der Waals surface area contributed by atoms with Crippen LogP contribution in [0.15, 0.2) is 54.6 Å². The summed E-state index contributed by atoms with van der Waals surface area (Å²) >= 11 is 0. The number of carbonyl (C=O) groups excluding carboxylic acids is 3. The summed E-state index contributed by atoms with van der Waals surface area (Å²) in [6, 6.07) is 16.3. The van der Waals surface area contributed by atoms with Crippen LogP contribution in [0.3, 0.4) is 0 Å². The Kier molecular flexibility index (Phi) is 7.06. The van der Waals surface area contributed by atoms with Gasteiger partial charge in [0.2, 0.25) is 5.91 Å². The molecule has 1 aliphatic heterocycles. The zero-order valence-electron chi connectivity index (χ0n) is 17.5. The molecule has 0 aromatic heterocycles. The van der Waals surface area contributed by atoms with E-state index in [-0.39, 0.29) is 24.3 Å². The van der Waals surface area contributed by atoms with Crippen LogP contribution in [0.1, 0.15) is 27.1 Å². The highest BCUT2D eigenvalue weighted by Crippen LogP contribution is 2.15. The maximum Gasteiger partial charge on any atom is 0.253 e. The van der Waals surface area contributed by atoms with Crippen LogP contribution >= 0.6 is 0 Å². The summed E-state index contributed by atoms with van der Waals surface area (Å²) in [6.07, 6.45) is 0.708. The molecule has 1 heterocycles. The van der Waals surface area contributed by atoms with Crippen LogP contribution < -0.4 is 10.2 Å². The van der Waals surface area contributed by atoms with Crippen molar-refractivity contribution in [1.29, 1.82) is 0 Å². The van der Waals surface area contributed by atoms with Gasteiger partial charge in [-0.2, -0.15) is 0 Å². The highest BCUT2D eigenvalue weighted by Gasteiger charge is 2.23. The number of hydrogen-bond acceptors (Lipinski definition) is 4. The predicted octanol–water partition coefficient (Wildman–Crippen LogP) is 1.86. The molecule has 1 aliphatic rings. The van der Waals surface area contributed by atoms with Crippen molar-refractivity contribution in [3.8, 4) is 0 Å². The molecule has 1 fully saturated rings. The number of rotatable bonds is 5. The van der Waals surface area contributed by atoms with E-state index in [1.165, 1.54) is 0 Å². The van der Waals surface area contributed by atoms with Crippen molar-refractivity contribution in [2.75, 3.05) is 51.7 Å². The number of carbonyl (C=O) groups is 3. The molecule has 3 rings (SSSR count). The van der Waals surface area contributed by atoms with Gasteiger partial charge in [-0.25, -0.2) is 0 Å². The Hall–Kier alpha value is -3.35. The van der Waals surface area contributed by atoms with E-state index in [0.29, 0.717) is 43.7 Å².